The normalized spacial score (nSPS) is 18.6. The highest BCUT2D eigenvalue weighted by molar-refractivity contribution is 5.77. The molecule has 27 heavy (non-hydrogen) atoms. The van der Waals surface area contributed by atoms with Crippen molar-refractivity contribution in [1.29, 1.82) is 0 Å². The summed E-state index contributed by atoms with van der Waals surface area (Å²) in [5.41, 5.74) is -1.18. The number of nitrogens with one attached hydrogen (secondary N) is 1. The maximum absolute atomic E-state index is 12.3. The van der Waals surface area contributed by atoms with Crippen LogP contribution in [0, 0.1) is 0 Å². The first-order chi connectivity index (χ1) is 12.3. The number of nitrogens with zero attached hydrogens (tertiary/aromatic N) is 2. The molecule has 0 aliphatic carbocycles. The van der Waals surface area contributed by atoms with Crippen LogP contribution in [0.25, 0.3) is 0 Å². The molecule has 9 nitrogen and oxygen atoms in total. The van der Waals surface area contributed by atoms with E-state index < -0.39 is 35.4 Å². The summed E-state index contributed by atoms with van der Waals surface area (Å²) in [6.07, 6.45) is -0.965. The molecule has 1 fully saturated rings. The van der Waals surface area contributed by atoms with Crippen LogP contribution < -0.4 is 5.32 Å². The highest BCUT2D eigenvalue weighted by Crippen LogP contribution is 2.16. The molecule has 0 aromatic carbocycles. The minimum absolute atomic E-state index is 0.175. The van der Waals surface area contributed by atoms with E-state index in [0.29, 0.717) is 26.2 Å². The Bertz CT molecular complexity index is 536. The van der Waals surface area contributed by atoms with Crippen molar-refractivity contribution in [2.75, 3.05) is 39.8 Å². The van der Waals surface area contributed by atoms with Crippen molar-refractivity contribution in [1.82, 2.24) is 15.1 Å². The number of methoxy groups -OCH3 is 1. The van der Waals surface area contributed by atoms with Gasteiger partial charge in [0.25, 0.3) is 0 Å². The summed E-state index contributed by atoms with van der Waals surface area (Å²) in [5, 5.41) is 2.67. The molecule has 1 aliphatic heterocycles. The van der Waals surface area contributed by atoms with Crippen molar-refractivity contribution >= 4 is 18.2 Å². The number of esters is 1. The maximum atomic E-state index is 12.3. The molecule has 156 valence electrons. The van der Waals surface area contributed by atoms with Crippen molar-refractivity contribution in [3.63, 3.8) is 0 Å². The number of hydrogen-bond acceptors (Lipinski definition) is 7. The summed E-state index contributed by atoms with van der Waals surface area (Å²) < 4.78 is 15.4. The lowest BCUT2D eigenvalue weighted by Crippen LogP contribution is -2.59. The number of amides is 2. The minimum Gasteiger partial charge on any atom is -0.468 e. The zero-order chi connectivity index (χ0) is 20.8. The molecule has 9 heteroatoms. The number of piperazine rings is 1. The molecule has 0 radical (unpaired) electrons. The van der Waals surface area contributed by atoms with Gasteiger partial charge in [0.05, 0.1) is 13.7 Å². The molecule has 0 bridgehead atoms. The summed E-state index contributed by atoms with van der Waals surface area (Å²) in [6, 6.07) is -0.614. The molecular formula is C18H33N3O6. The first-order valence-electron chi connectivity index (χ1n) is 9.09. The van der Waals surface area contributed by atoms with E-state index in [2.05, 4.69) is 5.32 Å². The summed E-state index contributed by atoms with van der Waals surface area (Å²) in [4.78, 5) is 39.6. The van der Waals surface area contributed by atoms with Gasteiger partial charge in [-0.25, -0.2) is 9.59 Å². The molecule has 0 spiro atoms. The number of carbonyl (C=O) groups excluding carboxylic acids is 3. The average molecular weight is 387 g/mol. The fraction of sp³-hybridized carbons (Fsp3) is 0.833. The maximum Gasteiger partial charge on any atom is 0.410 e. The fourth-order valence-corrected chi connectivity index (χ4v) is 2.56. The largest absolute Gasteiger partial charge is 0.468 e. The Balaban J connectivity index is 2.62. The van der Waals surface area contributed by atoms with Crippen LogP contribution in [-0.2, 0) is 19.0 Å². The molecule has 1 rings (SSSR count). The van der Waals surface area contributed by atoms with Gasteiger partial charge < -0.3 is 24.4 Å². The van der Waals surface area contributed by atoms with Gasteiger partial charge in [0.2, 0.25) is 0 Å². The van der Waals surface area contributed by atoms with Gasteiger partial charge in [0, 0.05) is 26.2 Å². The van der Waals surface area contributed by atoms with Gasteiger partial charge in [-0.05, 0) is 41.5 Å². The fourth-order valence-electron chi connectivity index (χ4n) is 2.56. The second-order valence-electron chi connectivity index (χ2n) is 8.43. The van der Waals surface area contributed by atoms with Crippen LogP contribution >= 0.6 is 0 Å². The second kappa shape index (κ2) is 9.25. The molecular weight excluding hydrogens is 354 g/mol. The Labute approximate surface area is 161 Å². The smallest absolute Gasteiger partial charge is 0.410 e. The van der Waals surface area contributed by atoms with Crippen LogP contribution in [0.4, 0.5) is 9.59 Å². The number of rotatable bonds is 4. The van der Waals surface area contributed by atoms with Gasteiger partial charge in [0.1, 0.15) is 17.2 Å². The molecule has 1 N–H and O–H groups in total. The average Bonchev–Trinajstić information content (AvgIpc) is 2.50. The molecule has 1 saturated heterocycles. The van der Waals surface area contributed by atoms with Crippen LogP contribution in [0.5, 0.6) is 0 Å². The van der Waals surface area contributed by atoms with Gasteiger partial charge in [-0.2, -0.15) is 0 Å². The van der Waals surface area contributed by atoms with Crippen molar-refractivity contribution < 1.29 is 28.6 Å². The van der Waals surface area contributed by atoms with Gasteiger partial charge in [-0.15, -0.1) is 0 Å². The van der Waals surface area contributed by atoms with E-state index in [0.717, 1.165) is 0 Å². The van der Waals surface area contributed by atoms with Crippen LogP contribution in [-0.4, -0.2) is 85.0 Å². The minimum atomic E-state index is -0.614. The quantitative estimate of drug-likeness (QED) is 0.578. The number of ether oxygens (including phenoxy) is 3. The van der Waals surface area contributed by atoms with Gasteiger partial charge >= 0.3 is 18.2 Å². The lowest BCUT2D eigenvalue weighted by Gasteiger charge is -2.40. The van der Waals surface area contributed by atoms with Crippen molar-refractivity contribution in [2.45, 2.75) is 58.8 Å². The summed E-state index contributed by atoms with van der Waals surface area (Å²) >= 11 is 0. The number of alkyl carbamates (subject to hydrolysis) is 1. The van der Waals surface area contributed by atoms with Gasteiger partial charge in [0.15, 0.2) is 0 Å². The lowest BCUT2D eigenvalue weighted by molar-refractivity contribution is -0.149. The topological polar surface area (TPSA) is 97.4 Å². The first-order valence-corrected chi connectivity index (χ1v) is 9.09. The third kappa shape index (κ3) is 8.47. The second-order valence-corrected chi connectivity index (χ2v) is 8.43. The lowest BCUT2D eigenvalue weighted by atomic mass is 10.1. The van der Waals surface area contributed by atoms with Crippen LogP contribution in [0.3, 0.4) is 0 Å². The number of hydrogen-bond donors (Lipinski definition) is 1. The third-order valence-electron chi connectivity index (χ3n) is 3.68. The first kappa shape index (κ1) is 23.0. The van der Waals surface area contributed by atoms with E-state index in [-0.39, 0.29) is 6.54 Å². The Morgan fingerprint density at radius 2 is 1.59 bits per heavy atom. The molecule has 2 amide bonds. The van der Waals surface area contributed by atoms with Crippen LogP contribution in [0.2, 0.25) is 0 Å². The predicted octanol–water partition coefficient (Wildman–Crippen LogP) is 1.61. The molecule has 0 aromatic rings. The SMILES string of the molecule is COC(=O)C1CN(C(=O)OC(C)(C)C)CCN1CCNC(=O)OC(C)(C)C. The summed E-state index contributed by atoms with van der Waals surface area (Å²) in [5.74, 6) is -0.430. The van der Waals surface area contributed by atoms with Crippen LogP contribution in [0.1, 0.15) is 41.5 Å². The summed E-state index contributed by atoms with van der Waals surface area (Å²) in [6.45, 7) is 12.6. The molecule has 0 saturated carbocycles. The van der Waals surface area contributed by atoms with Gasteiger partial charge in [-0.1, -0.05) is 0 Å². The zero-order valence-electron chi connectivity index (χ0n) is 17.5. The molecule has 1 heterocycles. The Hall–Kier alpha value is -2.03. The van der Waals surface area contributed by atoms with E-state index in [4.69, 9.17) is 14.2 Å². The van der Waals surface area contributed by atoms with Crippen molar-refractivity contribution in [2.24, 2.45) is 0 Å². The highest BCUT2D eigenvalue weighted by Gasteiger charge is 2.36. The summed E-state index contributed by atoms with van der Waals surface area (Å²) in [7, 11) is 1.31. The Kier molecular flexibility index (Phi) is 7.89. The Morgan fingerprint density at radius 1 is 1.00 bits per heavy atom. The zero-order valence-corrected chi connectivity index (χ0v) is 17.5. The standard InChI is InChI=1S/C18H33N3O6/c1-17(2,3)26-15(23)19-8-9-20-10-11-21(12-13(20)14(22)25-7)16(24)27-18(4,5)6/h13H,8-12H2,1-7H3,(H,19,23). The highest BCUT2D eigenvalue weighted by atomic mass is 16.6. The number of carbonyl (C=O) groups is 3. The van der Waals surface area contributed by atoms with E-state index in [1.165, 1.54) is 12.0 Å². The van der Waals surface area contributed by atoms with Crippen molar-refractivity contribution in [3.05, 3.63) is 0 Å². The third-order valence-corrected chi connectivity index (χ3v) is 3.68. The van der Waals surface area contributed by atoms with Crippen molar-refractivity contribution in [3.8, 4) is 0 Å². The van der Waals surface area contributed by atoms with Gasteiger partial charge in [-0.3, -0.25) is 9.69 Å². The van der Waals surface area contributed by atoms with E-state index in [1.807, 2.05) is 4.90 Å². The van der Waals surface area contributed by atoms with E-state index >= 15 is 0 Å². The Morgan fingerprint density at radius 3 is 2.11 bits per heavy atom. The van der Waals surface area contributed by atoms with E-state index in [1.54, 1.807) is 41.5 Å². The molecule has 0 aromatic heterocycles. The predicted molar refractivity (Wildman–Crippen MR) is 99.4 cm³/mol. The van der Waals surface area contributed by atoms with E-state index in [9.17, 15) is 14.4 Å². The molecule has 1 unspecified atom stereocenters. The monoisotopic (exact) mass is 387 g/mol. The molecule has 1 aliphatic rings. The van der Waals surface area contributed by atoms with Crippen LogP contribution in [0.15, 0.2) is 0 Å². The molecule has 1 atom stereocenters.